The number of nitrogens with zero attached hydrogens (tertiary/aromatic N) is 1. The van der Waals surface area contributed by atoms with Crippen LogP contribution in [0, 0.1) is 0 Å². The standard InChI is InChI=1S/C13H17N3O2/c1-14-7-10-8-15-13(16-10)9-4-5-11(17-2)12(6-9)18-3/h4-6,8,14H,7H2,1-3H3,(H,15,16). The second kappa shape index (κ2) is 5.55. The molecule has 5 nitrogen and oxygen atoms in total. The number of aromatic amines is 1. The fourth-order valence-electron chi connectivity index (χ4n) is 1.77. The van der Waals surface area contributed by atoms with Gasteiger partial charge in [0.1, 0.15) is 5.82 Å². The van der Waals surface area contributed by atoms with Crippen LogP contribution in [0.2, 0.25) is 0 Å². The third-order valence-corrected chi connectivity index (χ3v) is 2.65. The average Bonchev–Trinajstić information content (AvgIpc) is 2.87. The Morgan fingerprint density at radius 1 is 1.22 bits per heavy atom. The van der Waals surface area contributed by atoms with E-state index in [2.05, 4.69) is 15.3 Å². The van der Waals surface area contributed by atoms with Crippen molar-refractivity contribution < 1.29 is 9.47 Å². The Morgan fingerprint density at radius 2 is 2.00 bits per heavy atom. The first-order valence-electron chi connectivity index (χ1n) is 5.69. The molecule has 5 heteroatoms. The van der Waals surface area contributed by atoms with Crippen molar-refractivity contribution in [1.29, 1.82) is 0 Å². The molecule has 0 atom stereocenters. The average molecular weight is 247 g/mol. The third-order valence-electron chi connectivity index (χ3n) is 2.65. The molecular weight excluding hydrogens is 230 g/mol. The Morgan fingerprint density at radius 3 is 2.67 bits per heavy atom. The first-order chi connectivity index (χ1) is 8.78. The molecule has 0 aliphatic rings. The molecule has 0 saturated heterocycles. The monoisotopic (exact) mass is 247 g/mol. The molecule has 2 N–H and O–H groups in total. The SMILES string of the molecule is CNCc1cnc(-c2ccc(OC)c(OC)c2)[nH]1. The molecule has 1 aromatic heterocycles. The first kappa shape index (κ1) is 12.4. The fourth-order valence-corrected chi connectivity index (χ4v) is 1.77. The van der Waals surface area contributed by atoms with Gasteiger partial charge in [-0.1, -0.05) is 0 Å². The summed E-state index contributed by atoms with van der Waals surface area (Å²) in [5.74, 6) is 2.23. The van der Waals surface area contributed by atoms with Gasteiger partial charge in [-0.3, -0.25) is 0 Å². The van der Waals surface area contributed by atoms with Gasteiger partial charge in [0.15, 0.2) is 11.5 Å². The molecule has 1 aromatic carbocycles. The Hall–Kier alpha value is -2.01. The van der Waals surface area contributed by atoms with Crippen LogP contribution in [0.1, 0.15) is 5.69 Å². The second-order valence-electron chi connectivity index (χ2n) is 3.86. The Kier molecular flexibility index (Phi) is 3.84. The van der Waals surface area contributed by atoms with Gasteiger partial charge in [-0.15, -0.1) is 0 Å². The maximum atomic E-state index is 5.27. The summed E-state index contributed by atoms with van der Waals surface area (Å²) in [4.78, 5) is 7.59. The highest BCUT2D eigenvalue weighted by atomic mass is 16.5. The summed E-state index contributed by atoms with van der Waals surface area (Å²) in [5, 5.41) is 3.07. The molecular formula is C13H17N3O2. The summed E-state index contributed by atoms with van der Waals surface area (Å²) in [6, 6.07) is 5.72. The van der Waals surface area contributed by atoms with Gasteiger partial charge in [0.2, 0.25) is 0 Å². The van der Waals surface area contributed by atoms with Gasteiger partial charge in [-0.2, -0.15) is 0 Å². The number of ether oxygens (including phenoxy) is 2. The topological polar surface area (TPSA) is 59.2 Å². The van der Waals surface area contributed by atoms with Gasteiger partial charge in [-0.05, 0) is 25.2 Å². The van der Waals surface area contributed by atoms with E-state index in [0.29, 0.717) is 11.5 Å². The summed E-state index contributed by atoms with van der Waals surface area (Å²) >= 11 is 0. The molecule has 0 aliphatic heterocycles. The molecule has 1 heterocycles. The van der Waals surface area contributed by atoms with Gasteiger partial charge < -0.3 is 19.8 Å². The molecule has 0 radical (unpaired) electrons. The van der Waals surface area contributed by atoms with E-state index in [1.807, 2.05) is 31.4 Å². The van der Waals surface area contributed by atoms with E-state index in [4.69, 9.17) is 9.47 Å². The summed E-state index contributed by atoms with van der Waals surface area (Å²) in [6.07, 6.45) is 1.82. The number of hydrogen-bond acceptors (Lipinski definition) is 4. The number of benzene rings is 1. The minimum absolute atomic E-state index is 0.696. The smallest absolute Gasteiger partial charge is 0.161 e. The van der Waals surface area contributed by atoms with Gasteiger partial charge in [0.25, 0.3) is 0 Å². The van der Waals surface area contributed by atoms with Crippen molar-refractivity contribution in [3.63, 3.8) is 0 Å². The number of methoxy groups -OCH3 is 2. The zero-order valence-corrected chi connectivity index (χ0v) is 10.8. The lowest BCUT2D eigenvalue weighted by molar-refractivity contribution is 0.355. The van der Waals surface area contributed by atoms with Crippen molar-refractivity contribution >= 4 is 0 Å². The number of H-pyrrole nitrogens is 1. The quantitative estimate of drug-likeness (QED) is 0.846. The predicted octanol–water partition coefficient (Wildman–Crippen LogP) is 1.81. The van der Waals surface area contributed by atoms with Crippen LogP contribution in [0.25, 0.3) is 11.4 Å². The highest BCUT2D eigenvalue weighted by Gasteiger charge is 2.08. The largest absolute Gasteiger partial charge is 0.493 e. The van der Waals surface area contributed by atoms with Gasteiger partial charge in [-0.25, -0.2) is 4.98 Å². The number of imidazole rings is 1. The molecule has 96 valence electrons. The molecule has 0 bridgehead atoms. The second-order valence-corrected chi connectivity index (χ2v) is 3.86. The van der Waals surface area contributed by atoms with Crippen molar-refractivity contribution in [1.82, 2.24) is 15.3 Å². The Balaban J connectivity index is 2.31. The maximum absolute atomic E-state index is 5.27. The van der Waals surface area contributed by atoms with E-state index < -0.39 is 0 Å². The molecule has 0 unspecified atom stereocenters. The lowest BCUT2D eigenvalue weighted by atomic mass is 10.2. The van der Waals surface area contributed by atoms with E-state index in [-0.39, 0.29) is 0 Å². The van der Waals surface area contributed by atoms with E-state index >= 15 is 0 Å². The zero-order chi connectivity index (χ0) is 13.0. The number of nitrogens with one attached hydrogen (secondary N) is 2. The van der Waals surface area contributed by atoms with Crippen molar-refractivity contribution in [3.05, 3.63) is 30.1 Å². The first-order valence-corrected chi connectivity index (χ1v) is 5.69. The summed E-state index contributed by atoms with van der Waals surface area (Å²) in [7, 11) is 5.14. The number of aromatic nitrogens is 2. The lowest BCUT2D eigenvalue weighted by Gasteiger charge is -2.08. The number of hydrogen-bond donors (Lipinski definition) is 2. The molecule has 18 heavy (non-hydrogen) atoms. The molecule has 0 spiro atoms. The normalized spacial score (nSPS) is 10.4. The van der Waals surface area contributed by atoms with Gasteiger partial charge in [0.05, 0.1) is 14.2 Å². The molecule has 2 rings (SSSR count). The fraction of sp³-hybridized carbons (Fsp3) is 0.308. The predicted molar refractivity (Wildman–Crippen MR) is 69.9 cm³/mol. The van der Waals surface area contributed by atoms with E-state index in [0.717, 1.165) is 23.6 Å². The van der Waals surface area contributed by atoms with Gasteiger partial charge in [0, 0.05) is 24.0 Å². The Labute approximate surface area is 106 Å². The number of rotatable bonds is 5. The summed E-state index contributed by atoms with van der Waals surface area (Å²) in [6.45, 7) is 0.764. The van der Waals surface area contributed by atoms with Crippen LogP contribution >= 0.6 is 0 Å². The van der Waals surface area contributed by atoms with Crippen molar-refractivity contribution in [2.45, 2.75) is 6.54 Å². The van der Waals surface area contributed by atoms with Crippen molar-refractivity contribution in [2.24, 2.45) is 0 Å². The summed E-state index contributed by atoms with van der Waals surface area (Å²) in [5.41, 5.74) is 2.01. The van der Waals surface area contributed by atoms with E-state index in [9.17, 15) is 0 Å². The van der Waals surface area contributed by atoms with Crippen LogP contribution in [0.15, 0.2) is 24.4 Å². The maximum Gasteiger partial charge on any atom is 0.161 e. The third kappa shape index (κ3) is 2.46. The minimum Gasteiger partial charge on any atom is -0.493 e. The van der Waals surface area contributed by atoms with Crippen LogP contribution in [0.3, 0.4) is 0 Å². The van der Waals surface area contributed by atoms with Crippen LogP contribution in [0.5, 0.6) is 11.5 Å². The van der Waals surface area contributed by atoms with Gasteiger partial charge >= 0.3 is 0 Å². The molecule has 0 amide bonds. The minimum atomic E-state index is 0.696. The highest BCUT2D eigenvalue weighted by Crippen LogP contribution is 2.31. The van der Waals surface area contributed by atoms with Crippen LogP contribution in [-0.4, -0.2) is 31.2 Å². The Bertz CT molecular complexity index is 523. The molecule has 2 aromatic rings. The van der Waals surface area contributed by atoms with Crippen LogP contribution in [-0.2, 0) is 6.54 Å². The lowest BCUT2D eigenvalue weighted by Crippen LogP contribution is -2.04. The highest BCUT2D eigenvalue weighted by molar-refractivity contribution is 5.61. The van der Waals surface area contributed by atoms with Crippen molar-refractivity contribution in [2.75, 3.05) is 21.3 Å². The van der Waals surface area contributed by atoms with E-state index in [1.54, 1.807) is 14.2 Å². The van der Waals surface area contributed by atoms with Crippen LogP contribution < -0.4 is 14.8 Å². The van der Waals surface area contributed by atoms with Crippen LogP contribution in [0.4, 0.5) is 0 Å². The molecule has 0 aliphatic carbocycles. The summed E-state index contributed by atoms with van der Waals surface area (Å²) < 4.78 is 10.5. The molecule has 0 saturated carbocycles. The zero-order valence-electron chi connectivity index (χ0n) is 10.8. The molecule has 0 fully saturated rings. The van der Waals surface area contributed by atoms with E-state index in [1.165, 1.54) is 0 Å². The van der Waals surface area contributed by atoms with Crippen molar-refractivity contribution in [3.8, 4) is 22.9 Å².